The summed E-state index contributed by atoms with van der Waals surface area (Å²) in [5.74, 6) is 0.119. The first-order valence-electron chi connectivity index (χ1n) is 13.9. The number of nitrogens with zero attached hydrogens (tertiary/aromatic N) is 3. The van der Waals surface area contributed by atoms with Gasteiger partial charge < -0.3 is 4.90 Å². The van der Waals surface area contributed by atoms with Crippen LogP contribution in [0.25, 0.3) is 22.4 Å². The first kappa shape index (κ1) is 26.8. The molecule has 4 nitrogen and oxygen atoms in total. The molecule has 0 saturated carbocycles. The zero-order chi connectivity index (χ0) is 27.7. The van der Waals surface area contributed by atoms with Crippen molar-refractivity contribution in [1.29, 1.82) is 0 Å². The number of carbonyl (C=O) groups is 1. The minimum atomic E-state index is 0.119. The van der Waals surface area contributed by atoms with Crippen molar-refractivity contribution in [2.45, 2.75) is 48.1 Å². The predicted octanol–water partition coefficient (Wildman–Crippen LogP) is 7.22. The van der Waals surface area contributed by atoms with Crippen molar-refractivity contribution in [2.24, 2.45) is 0 Å². The Morgan fingerprint density at radius 3 is 1.90 bits per heavy atom. The molecule has 0 N–H and O–H groups in total. The Bertz CT molecular complexity index is 1480. The third-order valence-corrected chi connectivity index (χ3v) is 8.48. The number of aryl methyl sites for hydroxylation is 4. The molecule has 1 fully saturated rings. The second kappa shape index (κ2) is 11.2. The van der Waals surface area contributed by atoms with Gasteiger partial charge in [-0.15, -0.1) is 0 Å². The third-order valence-electron chi connectivity index (χ3n) is 8.48. The van der Waals surface area contributed by atoms with Gasteiger partial charge in [-0.25, -0.2) is 0 Å². The van der Waals surface area contributed by atoms with Crippen molar-refractivity contribution in [3.05, 3.63) is 111 Å². The van der Waals surface area contributed by atoms with E-state index in [2.05, 4.69) is 93.9 Å². The maximum Gasteiger partial charge on any atom is 0.253 e. The van der Waals surface area contributed by atoms with Crippen LogP contribution in [0.5, 0.6) is 0 Å². The number of hydrogen-bond donors (Lipinski definition) is 0. The molecule has 0 bridgehead atoms. The lowest BCUT2D eigenvalue weighted by molar-refractivity contribution is 0.0628. The molecule has 2 heterocycles. The molecule has 0 radical (unpaired) electrons. The first-order valence-corrected chi connectivity index (χ1v) is 13.9. The Balaban J connectivity index is 1.23. The van der Waals surface area contributed by atoms with Crippen molar-refractivity contribution in [2.75, 3.05) is 26.2 Å². The van der Waals surface area contributed by atoms with Gasteiger partial charge >= 0.3 is 0 Å². The van der Waals surface area contributed by atoms with Gasteiger partial charge in [-0.2, -0.15) is 0 Å². The van der Waals surface area contributed by atoms with Crippen molar-refractivity contribution in [3.8, 4) is 22.4 Å². The van der Waals surface area contributed by atoms with Crippen molar-refractivity contribution in [3.63, 3.8) is 0 Å². The van der Waals surface area contributed by atoms with Crippen LogP contribution in [0.4, 0.5) is 0 Å². The van der Waals surface area contributed by atoms with Crippen LogP contribution in [0.15, 0.2) is 66.9 Å². The molecule has 39 heavy (non-hydrogen) atoms. The molecule has 4 aromatic rings. The van der Waals surface area contributed by atoms with Crippen LogP contribution in [0.2, 0.25) is 0 Å². The number of hydrogen-bond acceptors (Lipinski definition) is 3. The molecule has 200 valence electrons. The van der Waals surface area contributed by atoms with E-state index in [1.165, 1.54) is 50.1 Å². The van der Waals surface area contributed by atoms with E-state index in [-0.39, 0.29) is 5.91 Å². The van der Waals surface area contributed by atoms with Gasteiger partial charge in [0.15, 0.2) is 0 Å². The SMILES string of the molecule is Cc1cc(-c2cccc(C(=O)N3CCN(Cc4ccnc(-c5cc(C)c(C)c(C)c5)c4)CC3)c2)cc(C)c1C. The monoisotopic (exact) mass is 517 g/mol. The quantitative estimate of drug-likeness (QED) is 0.280. The maximum atomic E-state index is 13.4. The first-order chi connectivity index (χ1) is 18.7. The molecular formula is C35H39N3O. The summed E-state index contributed by atoms with van der Waals surface area (Å²) < 4.78 is 0. The number of pyridine rings is 1. The molecule has 0 spiro atoms. The average Bonchev–Trinajstić information content (AvgIpc) is 2.94. The number of carbonyl (C=O) groups excluding carboxylic acids is 1. The highest BCUT2D eigenvalue weighted by Crippen LogP contribution is 2.27. The van der Waals surface area contributed by atoms with E-state index in [1.54, 1.807) is 0 Å². The number of rotatable bonds is 5. The zero-order valence-electron chi connectivity index (χ0n) is 24.1. The fourth-order valence-electron chi connectivity index (χ4n) is 5.50. The zero-order valence-corrected chi connectivity index (χ0v) is 24.1. The van der Waals surface area contributed by atoms with Gasteiger partial charge in [0.2, 0.25) is 0 Å². The van der Waals surface area contributed by atoms with Crippen molar-refractivity contribution < 1.29 is 4.79 Å². The van der Waals surface area contributed by atoms with Gasteiger partial charge in [-0.1, -0.05) is 24.3 Å². The van der Waals surface area contributed by atoms with Crippen LogP contribution in [0.1, 0.15) is 49.3 Å². The van der Waals surface area contributed by atoms with Crippen LogP contribution in [0, 0.1) is 41.5 Å². The largest absolute Gasteiger partial charge is 0.336 e. The maximum absolute atomic E-state index is 13.4. The fourth-order valence-corrected chi connectivity index (χ4v) is 5.50. The van der Waals surface area contributed by atoms with Gasteiger partial charge in [0.05, 0.1) is 5.69 Å². The van der Waals surface area contributed by atoms with E-state index in [1.807, 2.05) is 29.3 Å². The summed E-state index contributed by atoms with van der Waals surface area (Å²) in [4.78, 5) is 22.5. The summed E-state index contributed by atoms with van der Waals surface area (Å²) in [5.41, 5.74) is 14.3. The third kappa shape index (κ3) is 5.81. The molecular weight excluding hydrogens is 478 g/mol. The highest BCUT2D eigenvalue weighted by Gasteiger charge is 2.23. The van der Waals surface area contributed by atoms with Gasteiger partial charge in [0.25, 0.3) is 5.91 Å². The summed E-state index contributed by atoms with van der Waals surface area (Å²) in [6.07, 6.45) is 1.92. The van der Waals surface area contributed by atoms with Crippen molar-refractivity contribution in [1.82, 2.24) is 14.8 Å². The molecule has 0 aliphatic carbocycles. The molecule has 5 rings (SSSR count). The topological polar surface area (TPSA) is 36.4 Å². The summed E-state index contributed by atoms with van der Waals surface area (Å²) in [7, 11) is 0. The smallest absolute Gasteiger partial charge is 0.253 e. The molecule has 1 saturated heterocycles. The molecule has 4 heteroatoms. The standard InChI is InChI=1S/C35H39N3O/c1-23-16-32(17-24(2)27(23)5)30-8-7-9-31(21-30)35(39)38-14-12-37(13-15-38)22-29-10-11-36-34(20-29)33-18-25(3)28(6)26(4)19-33/h7-11,16-21H,12-15,22H2,1-6H3. The van der Waals surface area contributed by atoms with Gasteiger partial charge in [-0.05, 0) is 128 Å². The number of benzene rings is 3. The Labute approximate surface area is 233 Å². The van der Waals surface area contributed by atoms with E-state index < -0.39 is 0 Å². The van der Waals surface area contributed by atoms with Crippen LogP contribution in [-0.2, 0) is 6.54 Å². The fraction of sp³-hybridized carbons (Fsp3) is 0.314. The molecule has 1 aromatic heterocycles. The number of piperazine rings is 1. The van der Waals surface area contributed by atoms with Crippen LogP contribution in [-0.4, -0.2) is 46.9 Å². The minimum Gasteiger partial charge on any atom is -0.336 e. The lowest BCUT2D eigenvalue weighted by atomic mass is 9.95. The minimum absolute atomic E-state index is 0.119. The van der Waals surface area contributed by atoms with E-state index in [0.717, 1.165) is 49.5 Å². The number of amides is 1. The molecule has 0 atom stereocenters. The van der Waals surface area contributed by atoms with Gasteiger partial charge in [0.1, 0.15) is 0 Å². The van der Waals surface area contributed by atoms with E-state index in [9.17, 15) is 4.79 Å². The molecule has 1 aliphatic rings. The molecule has 3 aromatic carbocycles. The summed E-state index contributed by atoms with van der Waals surface area (Å²) in [5, 5.41) is 0. The van der Waals surface area contributed by atoms with Crippen LogP contribution < -0.4 is 0 Å². The normalized spacial score (nSPS) is 14.1. The summed E-state index contributed by atoms with van der Waals surface area (Å²) >= 11 is 0. The average molecular weight is 518 g/mol. The predicted molar refractivity (Wildman–Crippen MR) is 161 cm³/mol. The highest BCUT2D eigenvalue weighted by atomic mass is 16.2. The van der Waals surface area contributed by atoms with Crippen LogP contribution in [0.3, 0.4) is 0 Å². The summed E-state index contributed by atoms with van der Waals surface area (Å²) in [6.45, 7) is 17.0. The lowest BCUT2D eigenvalue weighted by Gasteiger charge is -2.35. The number of aromatic nitrogens is 1. The molecule has 1 amide bonds. The Morgan fingerprint density at radius 2 is 1.28 bits per heavy atom. The van der Waals surface area contributed by atoms with Gasteiger partial charge in [-0.3, -0.25) is 14.7 Å². The summed E-state index contributed by atoms with van der Waals surface area (Å²) in [6, 6.07) is 21.3. The second-order valence-electron chi connectivity index (χ2n) is 11.2. The Hall–Kier alpha value is -3.76. The Morgan fingerprint density at radius 1 is 0.692 bits per heavy atom. The van der Waals surface area contributed by atoms with E-state index >= 15 is 0 Å². The van der Waals surface area contributed by atoms with Gasteiger partial charge in [0, 0.05) is 50.0 Å². The molecule has 0 unspecified atom stereocenters. The van der Waals surface area contributed by atoms with Crippen molar-refractivity contribution >= 4 is 5.91 Å². The Kier molecular flexibility index (Phi) is 7.67. The second-order valence-corrected chi connectivity index (χ2v) is 11.2. The van der Waals surface area contributed by atoms with Crippen LogP contribution >= 0.6 is 0 Å². The molecule has 1 aliphatic heterocycles. The lowest BCUT2D eigenvalue weighted by Crippen LogP contribution is -2.48. The van der Waals surface area contributed by atoms with E-state index in [4.69, 9.17) is 0 Å². The van der Waals surface area contributed by atoms with E-state index in [0.29, 0.717) is 0 Å². The highest BCUT2D eigenvalue weighted by molar-refractivity contribution is 5.95.